The van der Waals surface area contributed by atoms with Gasteiger partial charge < -0.3 is 4.74 Å². The Bertz CT molecular complexity index is 547. The van der Waals surface area contributed by atoms with Crippen molar-refractivity contribution in [2.24, 2.45) is 5.14 Å². The monoisotopic (exact) mass is 397 g/mol. The maximum absolute atomic E-state index is 11.2. The van der Waals surface area contributed by atoms with Crippen LogP contribution < -0.4 is 9.88 Å². The fourth-order valence-corrected chi connectivity index (χ4v) is 3.45. The predicted molar refractivity (Wildman–Crippen MR) is 78.1 cm³/mol. The van der Waals surface area contributed by atoms with E-state index in [4.69, 9.17) is 9.88 Å². The van der Waals surface area contributed by atoms with Gasteiger partial charge in [-0.1, -0.05) is 5.57 Å². The molecule has 4 nitrogen and oxygen atoms in total. The zero-order valence-electron chi connectivity index (χ0n) is 9.74. The zero-order chi connectivity index (χ0) is 13.9. The van der Waals surface area contributed by atoms with Gasteiger partial charge in [-0.2, -0.15) is 0 Å². The lowest BCUT2D eigenvalue weighted by atomic mass is 10.2. The topological polar surface area (TPSA) is 69.4 Å². The molecule has 1 aromatic carbocycles. The summed E-state index contributed by atoms with van der Waals surface area (Å²) in [6.45, 7) is 6.17. The predicted octanol–water partition coefficient (Wildman–Crippen LogP) is 3.20. The van der Waals surface area contributed by atoms with E-state index in [9.17, 15) is 8.42 Å². The van der Waals surface area contributed by atoms with E-state index in [2.05, 4.69) is 38.4 Å². The first-order valence-electron chi connectivity index (χ1n) is 5.01. The molecule has 0 spiro atoms. The third-order valence-electron chi connectivity index (χ3n) is 2.08. The zero-order valence-corrected chi connectivity index (χ0v) is 13.7. The Morgan fingerprint density at radius 1 is 1.39 bits per heavy atom. The standard InChI is InChI=1S/C11H13Br2NO3S/c1-7(2)3-4-17-11-9(12)5-8(6-10(11)13)18(14,15)16/h5-6H,1,3-4H2,2H3,(H2,14,15,16). The molecule has 1 rings (SSSR count). The van der Waals surface area contributed by atoms with Crippen molar-refractivity contribution in [3.63, 3.8) is 0 Å². The quantitative estimate of drug-likeness (QED) is 0.774. The lowest BCUT2D eigenvalue weighted by Crippen LogP contribution is -2.12. The molecule has 0 bridgehead atoms. The number of halogens is 2. The second-order valence-corrected chi connectivity index (χ2v) is 7.09. The molecule has 0 heterocycles. The van der Waals surface area contributed by atoms with Crippen LogP contribution in [0.2, 0.25) is 0 Å². The fraction of sp³-hybridized carbons (Fsp3) is 0.273. The summed E-state index contributed by atoms with van der Waals surface area (Å²) in [6, 6.07) is 2.83. The molecule has 0 radical (unpaired) electrons. The van der Waals surface area contributed by atoms with Crippen LogP contribution in [-0.4, -0.2) is 15.0 Å². The highest BCUT2D eigenvalue weighted by Crippen LogP contribution is 2.35. The van der Waals surface area contributed by atoms with Crippen molar-refractivity contribution in [2.75, 3.05) is 6.61 Å². The smallest absolute Gasteiger partial charge is 0.238 e. The lowest BCUT2D eigenvalue weighted by Gasteiger charge is -2.11. The van der Waals surface area contributed by atoms with Crippen molar-refractivity contribution in [1.82, 2.24) is 0 Å². The van der Waals surface area contributed by atoms with E-state index in [1.54, 1.807) is 0 Å². The Morgan fingerprint density at radius 3 is 2.28 bits per heavy atom. The van der Waals surface area contributed by atoms with E-state index in [0.29, 0.717) is 21.3 Å². The minimum Gasteiger partial charge on any atom is -0.491 e. The van der Waals surface area contributed by atoms with Crippen LogP contribution in [-0.2, 0) is 10.0 Å². The number of ether oxygens (including phenoxy) is 1. The number of primary sulfonamides is 1. The van der Waals surface area contributed by atoms with Crippen molar-refractivity contribution >= 4 is 41.9 Å². The molecule has 0 aliphatic heterocycles. The maximum Gasteiger partial charge on any atom is 0.238 e. The van der Waals surface area contributed by atoms with E-state index in [1.165, 1.54) is 12.1 Å². The molecule has 0 aliphatic rings. The highest BCUT2D eigenvalue weighted by Gasteiger charge is 2.15. The van der Waals surface area contributed by atoms with Crippen LogP contribution in [0.15, 0.2) is 38.1 Å². The van der Waals surface area contributed by atoms with Crippen molar-refractivity contribution in [3.05, 3.63) is 33.2 Å². The Hall–Kier alpha value is -0.370. The number of rotatable bonds is 5. The maximum atomic E-state index is 11.2. The average molecular weight is 399 g/mol. The number of hydrogen-bond donors (Lipinski definition) is 1. The van der Waals surface area contributed by atoms with Crippen molar-refractivity contribution < 1.29 is 13.2 Å². The van der Waals surface area contributed by atoms with E-state index in [1.807, 2.05) is 6.92 Å². The largest absolute Gasteiger partial charge is 0.491 e. The average Bonchev–Trinajstić information content (AvgIpc) is 2.20. The van der Waals surface area contributed by atoms with E-state index in [-0.39, 0.29) is 4.90 Å². The van der Waals surface area contributed by atoms with Gasteiger partial charge in [-0.25, -0.2) is 13.6 Å². The van der Waals surface area contributed by atoms with Crippen LogP contribution in [0.3, 0.4) is 0 Å². The number of nitrogens with two attached hydrogens (primary N) is 1. The van der Waals surface area contributed by atoms with Gasteiger partial charge in [0.05, 0.1) is 20.4 Å². The Kier molecular flexibility index (Phi) is 5.39. The van der Waals surface area contributed by atoms with Crippen LogP contribution in [0.4, 0.5) is 0 Å². The molecule has 0 amide bonds. The van der Waals surface area contributed by atoms with Gasteiger partial charge in [0.15, 0.2) is 0 Å². The minimum absolute atomic E-state index is 0.0218. The van der Waals surface area contributed by atoms with Crippen LogP contribution in [0.25, 0.3) is 0 Å². The Labute approximate surface area is 124 Å². The van der Waals surface area contributed by atoms with Crippen LogP contribution in [0, 0.1) is 0 Å². The summed E-state index contributed by atoms with van der Waals surface area (Å²) in [5.41, 5.74) is 1.02. The highest BCUT2D eigenvalue weighted by atomic mass is 79.9. The first kappa shape index (κ1) is 15.7. The van der Waals surface area contributed by atoms with Crippen LogP contribution in [0.1, 0.15) is 13.3 Å². The van der Waals surface area contributed by atoms with Crippen molar-refractivity contribution in [3.8, 4) is 5.75 Å². The molecule has 0 saturated heterocycles. The number of hydrogen-bond acceptors (Lipinski definition) is 3. The van der Waals surface area contributed by atoms with E-state index < -0.39 is 10.0 Å². The van der Waals surface area contributed by atoms with E-state index in [0.717, 1.165) is 12.0 Å². The summed E-state index contributed by atoms with van der Waals surface area (Å²) in [5.74, 6) is 0.545. The molecular weight excluding hydrogens is 386 g/mol. The molecule has 0 atom stereocenters. The van der Waals surface area contributed by atoms with Crippen LogP contribution in [0.5, 0.6) is 5.75 Å². The van der Waals surface area contributed by atoms with Gasteiger partial charge in [0, 0.05) is 6.42 Å². The molecule has 0 aliphatic carbocycles. The molecule has 1 aromatic rings. The van der Waals surface area contributed by atoms with Crippen molar-refractivity contribution in [2.45, 2.75) is 18.2 Å². The van der Waals surface area contributed by atoms with Crippen molar-refractivity contribution in [1.29, 1.82) is 0 Å². The van der Waals surface area contributed by atoms with Gasteiger partial charge in [-0.15, -0.1) is 6.58 Å². The normalized spacial score (nSPS) is 11.3. The van der Waals surface area contributed by atoms with Gasteiger partial charge in [0.1, 0.15) is 5.75 Å². The van der Waals surface area contributed by atoms with Gasteiger partial charge >= 0.3 is 0 Å². The molecule has 100 valence electrons. The molecule has 0 saturated carbocycles. The van der Waals surface area contributed by atoms with Gasteiger partial charge in [0.25, 0.3) is 0 Å². The third kappa shape index (κ3) is 4.38. The SMILES string of the molecule is C=C(C)CCOc1c(Br)cc(S(N)(=O)=O)cc1Br. The highest BCUT2D eigenvalue weighted by molar-refractivity contribution is 9.11. The molecule has 18 heavy (non-hydrogen) atoms. The summed E-state index contributed by atoms with van der Waals surface area (Å²) < 4.78 is 29.1. The minimum atomic E-state index is -3.73. The molecule has 7 heteroatoms. The second kappa shape index (κ2) is 6.18. The molecule has 0 fully saturated rings. The second-order valence-electron chi connectivity index (χ2n) is 3.82. The summed E-state index contributed by atoms with van der Waals surface area (Å²) in [4.78, 5) is 0.0218. The molecular formula is C11H13Br2NO3S. The Morgan fingerprint density at radius 2 is 1.89 bits per heavy atom. The number of sulfonamides is 1. The Balaban J connectivity index is 2.99. The summed E-state index contributed by atoms with van der Waals surface area (Å²) >= 11 is 6.52. The fourth-order valence-electron chi connectivity index (χ4n) is 1.17. The van der Waals surface area contributed by atoms with Gasteiger partial charge in [0.2, 0.25) is 10.0 Å². The first-order valence-corrected chi connectivity index (χ1v) is 8.14. The summed E-state index contributed by atoms with van der Waals surface area (Å²) in [7, 11) is -3.73. The summed E-state index contributed by atoms with van der Waals surface area (Å²) in [5, 5.41) is 5.06. The molecule has 0 aromatic heterocycles. The van der Waals surface area contributed by atoms with Gasteiger partial charge in [-0.3, -0.25) is 0 Å². The molecule has 2 N–H and O–H groups in total. The molecule has 0 unspecified atom stereocenters. The van der Waals surface area contributed by atoms with E-state index >= 15 is 0 Å². The van der Waals surface area contributed by atoms with Gasteiger partial charge in [-0.05, 0) is 50.9 Å². The summed E-state index contributed by atoms with van der Waals surface area (Å²) in [6.07, 6.45) is 0.732. The first-order chi connectivity index (χ1) is 8.21. The number of benzene rings is 1. The lowest BCUT2D eigenvalue weighted by molar-refractivity contribution is 0.317. The third-order valence-corrected chi connectivity index (χ3v) is 4.15. The van der Waals surface area contributed by atoms with Crippen LogP contribution >= 0.6 is 31.9 Å².